The van der Waals surface area contributed by atoms with Crippen molar-refractivity contribution in [2.45, 2.75) is 71.3 Å². The number of amides is 1. The predicted molar refractivity (Wildman–Crippen MR) is 81.8 cm³/mol. The highest BCUT2D eigenvalue weighted by molar-refractivity contribution is 5.85. The summed E-state index contributed by atoms with van der Waals surface area (Å²) in [4.78, 5) is 23.9. The Kier molecular flexibility index (Phi) is 5.65. The molecule has 2 fully saturated rings. The predicted octanol–water partition coefficient (Wildman–Crippen LogP) is 3.21. The van der Waals surface area contributed by atoms with Crippen LogP contribution in [0.3, 0.4) is 0 Å². The van der Waals surface area contributed by atoms with E-state index in [0.717, 1.165) is 44.4 Å². The maximum absolute atomic E-state index is 12.5. The Morgan fingerprint density at radius 3 is 2.48 bits per heavy atom. The van der Waals surface area contributed by atoms with Gasteiger partial charge >= 0.3 is 5.97 Å². The van der Waals surface area contributed by atoms with E-state index >= 15 is 0 Å². The molecule has 3 unspecified atom stereocenters. The molecule has 0 spiro atoms. The Hall–Kier alpha value is -1.06. The van der Waals surface area contributed by atoms with Gasteiger partial charge in [0.15, 0.2) is 0 Å². The first-order valence-corrected chi connectivity index (χ1v) is 8.54. The number of hydrogen-bond donors (Lipinski definition) is 2. The number of carbonyl (C=O) groups is 2. The molecule has 2 rings (SSSR count). The Labute approximate surface area is 127 Å². The SMILES string of the molecule is CCC1C[C@H](C(=O)NC2CCCC(C)CC2)[C@H](C(=O)O)C1. The fourth-order valence-corrected chi connectivity index (χ4v) is 3.98. The van der Waals surface area contributed by atoms with Crippen LogP contribution in [0, 0.1) is 23.7 Å². The molecular formula is C17H29NO3. The van der Waals surface area contributed by atoms with Gasteiger partial charge in [0.25, 0.3) is 0 Å². The summed E-state index contributed by atoms with van der Waals surface area (Å²) in [5.74, 6) is -0.503. The van der Waals surface area contributed by atoms with Crippen LogP contribution in [0.5, 0.6) is 0 Å². The first-order chi connectivity index (χ1) is 10.0. The monoisotopic (exact) mass is 295 g/mol. The molecule has 0 heterocycles. The average Bonchev–Trinajstić information content (AvgIpc) is 2.79. The fourth-order valence-electron chi connectivity index (χ4n) is 3.98. The molecule has 120 valence electrons. The van der Waals surface area contributed by atoms with Gasteiger partial charge in [-0.1, -0.05) is 33.1 Å². The minimum Gasteiger partial charge on any atom is -0.481 e. The number of nitrogens with one attached hydrogen (secondary N) is 1. The van der Waals surface area contributed by atoms with E-state index in [1.54, 1.807) is 0 Å². The molecule has 4 heteroatoms. The third kappa shape index (κ3) is 4.21. The standard InChI is InChI=1S/C17H29NO3/c1-3-12-9-14(15(10-12)17(20)21)16(19)18-13-6-4-5-11(2)7-8-13/h11-15H,3-10H2,1-2H3,(H,18,19)(H,20,21)/t11?,12?,13?,14-,15+/m0/s1. The molecule has 2 saturated carbocycles. The zero-order valence-electron chi connectivity index (χ0n) is 13.3. The van der Waals surface area contributed by atoms with Crippen LogP contribution in [0.1, 0.15) is 65.2 Å². The molecule has 0 radical (unpaired) electrons. The van der Waals surface area contributed by atoms with Crippen molar-refractivity contribution in [2.24, 2.45) is 23.7 Å². The minimum atomic E-state index is -0.805. The smallest absolute Gasteiger partial charge is 0.307 e. The van der Waals surface area contributed by atoms with Crippen molar-refractivity contribution >= 4 is 11.9 Å². The summed E-state index contributed by atoms with van der Waals surface area (Å²) in [6.07, 6.45) is 8.01. The molecule has 0 aromatic rings. The van der Waals surface area contributed by atoms with Gasteiger partial charge in [-0.15, -0.1) is 0 Å². The Bertz CT molecular complexity index is 382. The lowest BCUT2D eigenvalue weighted by molar-refractivity contribution is -0.146. The third-order valence-electron chi connectivity index (χ3n) is 5.50. The Balaban J connectivity index is 1.93. The highest BCUT2D eigenvalue weighted by atomic mass is 16.4. The number of carboxylic acids is 1. The summed E-state index contributed by atoms with van der Waals surface area (Å²) in [5.41, 5.74) is 0. The molecule has 21 heavy (non-hydrogen) atoms. The first kappa shape index (κ1) is 16.3. The number of rotatable bonds is 4. The zero-order chi connectivity index (χ0) is 15.4. The van der Waals surface area contributed by atoms with Crippen molar-refractivity contribution < 1.29 is 14.7 Å². The lowest BCUT2D eigenvalue weighted by Crippen LogP contribution is -2.41. The van der Waals surface area contributed by atoms with Gasteiger partial charge in [-0.25, -0.2) is 0 Å². The zero-order valence-corrected chi connectivity index (χ0v) is 13.3. The van der Waals surface area contributed by atoms with Crippen LogP contribution in [0.15, 0.2) is 0 Å². The van der Waals surface area contributed by atoms with Crippen LogP contribution in [0.4, 0.5) is 0 Å². The lowest BCUT2D eigenvalue weighted by atomic mass is 9.94. The van der Waals surface area contributed by atoms with Crippen molar-refractivity contribution in [2.75, 3.05) is 0 Å². The van der Waals surface area contributed by atoms with E-state index in [9.17, 15) is 14.7 Å². The Morgan fingerprint density at radius 2 is 1.81 bits per heavy atom. The molecule has 0 aromatic carbocycles. The van der Waals surface area contributed by atoms with Gasteiger partial charge in [-0.2, -0.15) is 0 Å². The molecule has 2 N–H and O–H groups in total. The topological polar surface area (TPSA) is 66.4 Å². The van der Waals surface area contributed by atoms with Crippen LogP contribution >= 0.6 is 0 Å². The summed E-state index contributed by atoms with van der Waals surface area (Å²) in [6.45, 7) is 4.35. The van der Waals surface area contributed by atoms with Crippen molar-refractivity contribution in [3.63, 3.8) is 0 Å². The average molecular weight is 295 g/mol. The molecule has 5 atom stereocenters. The van der Waals surface area contributed by atoms with E-state index in [1.807, 2.05) is 0 Å². The minimum absolute atomic E-state index is 0.0158. The summed E-state index contributed by atoms with van der Waals surface area (Å²) in [6, 6.07) is 0.248. The van der Waals surface area contributed by atoms with E-state index in [2.05, 4.69) is 19.2 Å². The highest BCUT2D eigenvalue weighted by Crippen LogP contribution is 2.38. The van der Waals surface area contributed by atoms with Gasteiger partial charge < -0.3 is 10.4 Å². The van der Waals surface area contributed by atoms with E-state index in [4.69, 9.17) is 0 Å². The van der Waals surface area contributed by atoms with Gasteiger partial charge in [0.2, 0.25) is 5.91 Å². The van der Waals surface area contributed by atoms with Crippen molar-refractivity contribution in [1.82, 2.24) is 5.32 Å². The largest absolute Gasteiger partial charge is 0.481 e. The van der Waals surface area contributed by atoms with Crippen LogP contribution in [0.25, 0.3) is 0 Å². The molecule has 0 aliphatic heterocycles. The van der Waals surface area contributed by atoms with Gasteiger partial charge in [0, 0.05) is 6.04 Å². The second-order valence-corrected chi connectivity index (χ2v) is 7.12. The van der Waals surface area contributed by atoms with Crippen molar-refractivity contribution in [1.29, 1.82) is 0 Å². The van der Waals surface area contributed by atoms with E-state index in [0.29, 0.717) is 12.3 Å². The molecular weight excluding hydrogens is 266 g/mol. The molecule has 0 bridgehead atoms. The normalized spacial score (nSPS) is 37.0. The molecule has 0 saturated heterocycles. The summed E-state index contributed by atoms with van der Waals surface area (Å²) in [5, 5.41) is 12.5. The van der Waals surface area contributed by atoms with E-state index in [-0.39, 0.29) is 17.9 Å². The number of carbonyl (C=O) groups excluding carboxylic acids is 1. The number of hydrogen-bond acceptors (Lipinski definition) is 2. The van der Waals surface area contributed by atoms with Gasteiger partial charge in [-0.05, 0) is 43.9 Å². The summed E-state index contributed by atoms with van der Waals surface area (Å²) in [7, 11) is 0. The van der Waals surface area contributed by atoms with Gasteiger partial charge in [0.05, 0.1) is 11.8 Å². The second-order valence-electron chi connectivity index (χ2n) is 7.12. The van der Waals surface area contributed by atoms with E-state index < -0.39 is 11.9 Å². The molecule has 2 aliphatic rings. The molecule has 4 nitrogen and oxygen atoms in total. The Morgan fingerprint density at radius 1 is 1.10 bits per heavy atom. The van der Waals surface area contributed by atoms with Crippen LogP contribution in [0.2, 0.25) is 0 Å². The second kappa shape index (κ2) is 7.28. The van der Waals surface area contributed by atoms with E-state index in [1.165, 1.54) is 6.42 Å². The van der Waals surface area contributed by atoms with Crippen LogP contribution in [-0.4, -0.2) is 23.0 Å². The van der Waals surface area contributed by atoms with Crippen molar-refractivity contribution in [3.8, 4) is 0 Å². The maximum Gasteiger partial charge on any atom is 0.307 e. The molecule has 0 aromatic heterocycles. The quantitative estimate of drug-likeness (QED) is 0.783. The van der Waals surface area contributed by atoms with Crippen LogP contribution < -0.4 is 5.32 Å². The van der Waals surface area contributed by atoms with Gasteiger partial charge in [0.1, 0.15) is 0 Å². The van der Waals surface area contributed by atoms with Crippen LogP contribution in [-0.2, 0) is 9.59 Å². The molecule has 1 amide bonds. The van der Waals surface area contributed by atoms with Crippen molar-refractivity contribution in [3.05, 3.63) is 0 Å². The number of carboxylic acid groups (broad SMARTS) is 1. The lowest BCUT2D eigenvalue weighted by Gasteiger charge is -2.21. The highest BCUT2D eigenvalue weighted by Gasteiger charge is 2.42. The maximum atomic E-state index is 12.5. The first-order valence-electron chi connectivity index (χ1n) is 8.54. The molecule has 2 aliphatic carbocycles. The third-order valence-corrected chi connectivity index (χ3v) is 5.50. The summed E-state index contributed by atoms with van der Waals surface area (Å²) >= 11 is 0. The number of aliphatic carboxylic acids is 1. The fraction of sp³-hybridized carbons (Fsp3) is 0.882. The summed E-state index contributed by atoms with van der Waals surface area (Å²) < 4.78 is 0. The van der Waals surface area contributed by atoms with Gasteiger partial charge in [-0.3, -0.25) is 9.59 Å².